The molecule has 0 saturated carbocycles. The quantitative estimate of drug-likeness (QED) is 0.639. The molecule has 3 N–H and O–H groups in total. The van der Waals surface area contributed by atoms with E-state index >= 15 is 0 Å². The van der Waals surface area contributed by atoms with Gasteiger partial charge in [0.15, 0.2) is 5.96 Å². The van der Waals surface area contributed by atoms with Crippen molar-refractivity contribution in [1.29, 1.82) is 0 Å². The lowest BCUT2D eigenvalue weighted by atomic mass is 10.3. The van der Waals surface area contributed by atoms with Gasteiger partial charge in [-0.2, -0.15) is 0 Å². The van der Waals surface area contributed by atoms with E-state index in [1.54, 1.807) is 0 Å². The fourth-order valence-electron chi connectivity index (χ4n) is 1.56. The minimum absolute atomic E-state index is 0.393. The zero-order valence-electron chi connectivity index (χ0n) is 10.3. The lowest BCUT2D eigenvalue weighted by Crippen LogP contribution is -2.22. The molecule has 2 aromatic rings. The number of hydrogen-bond donors (Lipinski definition) is 2. The zero-order chi connectivity index (χ0) is 12.8. The largest absolute Gasteiger partial charge is 0.370 e. The van der Waals surface area contributed by atoms with E-state index in [2.05, 4.69) is 15.3 Å². The summed E-state index contributed by atoms with van der Waals surface area (Å²) in [6.45, 7) is 2.44. The van der Waals surface area contributed by atoms with E-state index in [1.807, 2.05) is 55.5 Å². The van der Waals surface area contributed by atoms with Gasteiger partial charge in [-0.25, -0.2) is 4.99 Å². The second kappa shape index (κ2) is 5.82. The standard InChI is InChI=1S/C14H16N4/c1-11-6-5-9-13(17-11)10-16-14(15)18-12-7-3-2-4-8-12/h2-9H,10H2,1H3,(H3,15,16,18). The second-order valence-corrected chi connectivity index (χ2v) is 3.96. The summed E-state index contributed by atoms with van der Waals surface area (Å²) in [5.74, 6) is 0.393. The number of nitrogens with zero attached hydrogens (tertiary/aromatic N) is 2. The number of hydrogen-bond acceptors (Lipinski definition) is 2. The molecule has 1 heterocycles. The van der Waals surface area contributed by atoms with Crippen LogP contribution in [0.2, 0.25) is 0 Å². The number of pyridine rings is 1. The molecular formula is C14H16N4. The van der Waals surface area contributed by atoms with Crippen molar-refractivity contribution in [3.05, 3.63) is 59.9 Å². The number of rotatable bonds is 3. The van der Waals surface area contributed by atoms with E-state index in [-0.39, 0.29) is 0 Å². The highest BCUT2D eigenvalue weighted by Gasteiger charge is 1.96. The van der Waals surface area contributed by atoms with Crippen molar-refractivity contribution in [3.63, 3.8) is 0 Å². The van der Waals surface area contributed by atoms with Gasteiger partial charge < -0.3 is 11.1 Å². The van der Waals surface area contributed by atoms with E-state index in [9.17, 15) is 0 Å². The summed E-state index contributed by atoms with van der Waals surface area (Å²) in [6, 6.07) is 15.6. The summed E-state index contributed by atoms with van der Waals surface area (Å²) in [6.07, 6.45) is 0. The van der Waals surface area contributed by atoms with Crippen LogP contribution >= 0.6 is 0 Å². The van der Waals surface area contributed by atoms with Gasteiger partial charge >= 0.3 is 0 Å². The van der Waals surface area contributed by atoms with Crippen molar-refractivity contribution in [3.8, 4) is 0 Å². The monoisotopic (exact) mass is 240 g/mol. The van der Waals surface area contributed by atoms with Gasteiger partial charge in [-0.1, -0.05) is 24.3 Å². The molecular weight excluding hydrogens is 224 g/mol. The molecule has 4 heteroatoms. The molecule has 2 rings (SSSR count). The summed E-state index contributed by atoms with van der Waals surface area (Å²) in [4.78, 5) is 8.61. The third-order valence-corrected chi connectivity index (χ3v) is 2.40. The highest BCUT2D eigenvalue weighted by atomic mass is 15.1. The Morgan fingerprint density at radius 1 is 1.17 bits per heavy atom. The first kappa shape index (κ1) is 12.1. The van der Waals surface area contributed by atoms with Crippen molar-refractivity contribution < 1.29 is 0 Å². The summed E-state index contributed by atoms with van der Waals surface area (Å²) in [7, 11) is 0. The van der Waals surface area contributed by atoms with Gasteiger partial charge in [-0.15, -0.1) is 0 Å². The van der Waals surface area contributed by atoms with E-state index in [0.29, 0.717) is 12.5 Å². The smallest absolute Gasteiger partial charge is 0.193 e. The van der Waals surface area contributed by atoms with Crippen LogP contribution in [0.4, 0.5) is 5.69 Å². The van der Waals surface area contributed by atoms with Crippen LogP contribution in [-0.2, 0) is 6.54 Å². The summed E-state index contributed by atoms with van der Waals surface area (Å²) < 4.78 is 0. The van der Waals surface area contributed by atoms with Gasteiger partial charge in [0.25, 0.3) is 0 Å². The molecule has 18 heavy (non-hydrogen) atoms. The molecule has 0 radical (unpaired) electrons. The average Bonchev–Trinajstić information content (AvgIpc) is 2.38. The van der Waals surface area contributed by atoms with Crippen LogP contribution in [0.3, 0.4) is 0 Å². The Bertz CT molecular complexity index is 535. The number of aromatic nitrogens is 1. The Morgan fingerprint density at radius 2 is 1.94 bits per heavy atom. The Morgan fingerprint density at radius 3 is 2.67 bits per heavy atom. The van der Waals surface area contributed by atoms with E-state index in [4.69, 9.17) is 5.73 Å². The first-order valence-electron chi connectivity index (χ1n) is 5.78. The molecule has 0 atom stereocenters. The number of para-hydroxylation sites is 1. The predicted molar refractivity (Wildman–Crippen MR) is 74.4 cm³/mol. The van der Waals surface area contributed by atoms with Crippen LogP contribution in [0.5, 0.6) is 0 Å². The molecule has 1 aromatic carbocycles. The molecule has 4 nitrogen and oxygen atoms in total. The molecule has 0 aliphatic carbocycles. The molecule has 0 unspecified atom stereocenters. The van der Waals surface area contributed by atoms with Crippen LogP contribution in [0.1, 0.15) is 11.4 Å². The van der Waals surface area contributed by atoms with Crippen molar-refractivity contribution in [2.24, 2.45) is 10.7 Å². The Kier molecular flexibility index (Phi) is 3.91. The fraction of sp³-hybridized carbons (Fsp3) is 0.143. The molecule has 0 fully saturated rings. The van der Waals surface area contributed by atoms with Crippen LogP contribution in [0.25, 0.3) is 0 Å². The van der Waals surface area contributed by atoms with E-state index in [0.717, 1.165) is 17.1 Å². The Labute approximate surface area is 107 Å². The van der Waals surface area contributed by atoms with Crippen molar-refractivity contribution in [2.75, 3.05) is 5.32 Å². The average molecular weight is 240 g/mol. The topological polar surface area (TPSA) is 63.3 Å². The van der Waals surface area contributed by atoms with Crippen molar-refractivity contribution in [1.82, 2.24) is 4.98 Å². The molecule has 0 saturated heterocycles. The van der Waals surface area contributed by atoms with Crippen molar-refractivity contribution in [2.45, 2.75) is 13.5 Å². The summed E-state index contributed by atoms with van der Waals surface area (Å²) in [5, 5.41) is 3.03. The Hall–Kier alpha value is -2.36. The third kappa shape index (κ3) is 3.59. The van der Waals surface area contributed by atoms with Crippen LogP contribution in [-0.4, -0.2) is 10.9 Å². The molecule has 0 spiro atoms. The van der Waals surface area contributed by atoms with Crippen LogP contribution in [0.15, 0.2) is 53.5 Å². The Balaban J connectivity index is 1.97. The first-order chi connectivity index (χ1) is 8.74. The number of benzene rings is 1. The van der Waals surface area contributed by atoms with Gasteiger partial charge in [0, 0.05) is 11.4 Å². The molecule has 1 aromatic heterocycles. The maximum absolute atomic E-state index is 5.80. The number of anilines is 1. The molecule has 0 aliphatic rings. The molecule has 0 bridgehead atoms. The van der Waals surface area contributed by atoms with Crippen molar-refractivity contribution >= 4 is 11.6 Å². The highest BCUT2D eigenvalue weighted by molar-refractivity contribution is 5.92. The predicted octanol–water partition coefficient (Wildman–Crippen LogP) is 2.32. The van der Waals surface area contributed by atoms with E-state index in [1.165, 1.54) is 0 Å². The van der Waals surface area contributed by atoms with E-state index < -0.39 is 0 Å². The van der Waals surface area contributed by atoms with Gasteiger partial charge in [0.05, 0.1) is 12.2 Å². The summed E-state index contributed by atoms with van der Waals surface area (Å²) >= 11 is 0. The fourth-order valence-corrected chi connectivity index (χ4v) is 1.56. The number of guanidine groups is 1. The number of nitrogens with two attached hydrogens (primary N) is 1. The third-order valence-electron chi connectivity index (χ3n) is 2.40. The minimum atomic E-state index is 0.393. The number of aliphatic imine (C=N–C) groups is 1. The van der Waals surface area contributed by atoms with Gasteiger partial charge in [-0.05, 0) is 31.2 Å². The second-order valence-electron chi connectivity index (χ2n) is 3.96. The highest BCUT2D eigenvalue weighted by Crippen LogP contribution is 2.04. The van der Waals surface area contributed by atoms with Crippen LogP contribution in [0, 0.1) is 6.92 Å². The SMILES string of the molecule is Cc1cccc(CN=C(N)Nc2ccccc2)n1. The molecule has 0 aliphatic heterocycles. The summed E-state index contributed by atoms with van der Waals surface area (Å²) in [5.41, 5.74) is 8.62. The van der Waals surface area contributed by atoms with Gasteiger partial charge in [-0.3, -0.25) is 4.98 Å². The molecule has 0 amide bonds. The molecule has 92 valence electrons. The number of aryl methyl sites for hydroxylation is 1. The normalized spacial score (nSPS) is 11.3. The maximum atomic E-state index is 5.80. The van der Waals surface area contributed by atoms with Crippen LogP contribution < -0.4 is 11.1 Å². The van der Waals surface area contributed by atoms with Gasteiger partial charge in [0.2, 0.25) is 0 Å². The lowest BCUT2D eigenvalue weighted by molar-refractivity contribution is 0.965. The first-order valence-corrected chi connectivity index (χ1v) is 5.78. The zero-order valence-corrected chi connectivity index (χ0v) is 10.3. The maximum Gasteiger partial charge on any atom is 0.193 e. The lowest BCUT2D eigenvalue weighted by Gasteiger charge is -2.05. The minimum Gasteiger partial charge on any atom is -0.370 e. The van der Waals surface area contributed by atoms with Gasteiger partial charge in [0.1, 0.15) is 0 Å². The number of nitrogens with one attached hydrogen (secondary N) is 1.